The van der Waals surface area contributed by atoms with Crippen molar-refractivity contribution in [1.82, 2.24) is 30.2 Å². The second kappa shape index (κ2) is 8.26. The van der Waals surface area contributed by atoms with Crippen LogP contribution in [0.15, 0.2) is 76.3 Å². The molecular weight excluding hydrogens is 372 g/mol. The molecule has 4 aromatic rings. The number of aromatic nitrogens is 5. The summed E-state index contributed by atoms with van der Waals surface area (Å²) in [6.45, 7) is 0.148. The molecule has 0 unspecified atom stereocenters. The van der Waals surface area contributed by atoms with Gasteiger partial charge in [0.05, 0.1) is 0 Å². The Balaban J connectivity index is 1.48. The summed E-state index contributed by atoms with van der Waals surface area (Å²) in [6, 6.07) is 15.8. The molecule has 1 amide bonds. The molecular formula is C20H16N6O3. The highest BCUT2D eigenvalue weighted by molar-refractivity contribution is 5.75. The first-order valence-corrected chi connectivity index (χ1v) is 8.82. The van der Waals surface area contributed by atoms with Gasteiger partial charge in [-0.2, -0.15) is 10.1 Å². The van der Waals surface area contributed by atoms with Gasteiger partial charge in [0.2, 0.25) is 11.7 Å². The van der Waals surface area contributed by atoms with Crippen LogP contribution in [0, 0.1) is 0 Å². The van der Waals surface area contributed by atoms with Crippen molar-refractivity contribution in [2.24, 2.45) is 0 Å². The Morgan fingerprint density at radius 2 is 1.93 bits per heavy atom. The highest BCUT2D eigenvalue weighted by Crippen LogP contribution is 2.19. The van der Waals surface area contributed by atoms with Gasteiger partial charge in [-0.15, -0.1) is 0 Å². The van der Waals surface area contributed by atoms with Crippen LogP contribution in [0.3, 0.4) is 0 Å². The van der Waals surface area contributed by atoms with Crippen LogP contribution in [0.1, 0.15) is 5.56 Å². The van der Waals surface area contributed by atoms with Crippen molar-refractivity contribution >= 4 is 5.91 Å². The molecule has 144 valence electrons. The van der Waals surface area contributed by atoms with Crippen LogP contribution in [0.5, 0.6) is 0 Å². The molecule has 0 bridgehead atoms. The standard InChI is InChI=1S/C20H16N6O3/c27-17(22-11-14-5-2-1-3-6-14)13-26-18(28)9-8-16(24-26)20-23-19(25-29-20)15-7-4-10-21-12-15/h1-10,12H,11,13H2,(H,22,27). The molecule has 0 fully saturated rings. The molecule has 0 aliphatic heterocycles. The molecule has 3 heterocycles. The largest absolute Gasteiger partial charge is 0.350 e. The first kappa shape index (κ1) is 18.2. The summed E-state index contributed by atoms with van der Waals surface area (Å²) in [5, 5.41) is 10.8. The number of pyridine rings is 1. The molecule has 9 heteroatoms. The highest BCUT2D eigenvalue weighted by atomic mass is 16.5. The zero-order valence-electron chi connectivity index (χ0n) is 15.2. The second-order valence-corrected chi connectivity index (χ2v) is 6.14. The zero-order chi connectivity index (χ0) is 20.1. The molecule has 1 aromatic carbocycles. The molecule has 0 saturated heterocycles. The van der Waals surface area contributed by atoms with Gasteiger partial charge >= 0.3 is 0 Å². The number of rotatable bonds is 6. The van der Waals surface area contributed by atoms with E-state index < -0.39 is 5.56 Å². The summed E-state index contributed by atoms with van der Waals surface area (Å²) in [7, 11) is 0. The van der Waals surface area contributed by atoms with Crippen molar-refractivity contribution in [3.63, 3.8) is 0 Å². The van der Waals surface area contributed by atoms with Crippen LogP contribution >= 0.6 is 0 Å². The quantitative estimate of drug-likeness (QED) is 0.534. The molecule has 0 radical (unpaired) electrons. The van der Waals surface area contributed by atoms with Crippen molar-refractivity contribution in [2.45, 2.75) is 13.1 Å². The van der Waals surface area contributed by atoms with E-state index in [0.717, 1.165) is 10.2 Å². The molecule has 1 N–H and O–H groups in total. The Morgan fingerprint density at radius 1 is 1.07 bits per heavy atom. The maximum absolute atomic E-state index is 12.2. The smallest absolute Gasteiger partial charge is 0.278 e. The van der Waals surface area contributed by atoms with Crippen molar-refractivity contribution < 1.29 is 9.32 Å². The molecule has 0 atom stereocenters. The van der Waals surface area contributed by atoms with E-state index in [-0.39, 0.29) is 18.3 Å². The van der Waals surface area contributed by atoms with Crippen molar-refractivity contribution in [1.29, 1.82) is 0 Å². The maximum atomic E-state index is 12.2. The van der Waals surface area contributed by atoms with E-state index >= 15 is 0 Å². The van der Waals surface area contributed by atoms with Crippen LogP contribution in [-0.2, 0) is 17.9 Å². The van der Waals surface area contributed by atoms with E-state index in [1.807, 2.05) is 30.3 Å². The number of amides is 1. The Kier molecular flexibility index (Phi) is 5.19. The van der Waals surface area contributed by atoms with Gasteiger partial charge in [0, 0.05) is 30.6 Å². The summed E-state index contributed by atoms with van der Waals surface area (Å²) in [5.74, 6) is 0.165. The van der Waals surface area contributed by atoms with E-state index in [2.05, 4.69) is 25.5 Å². The Hall–Kier alpha value is -4.14. The van der Waals surface area contributed by atoms with Gasteiger partial charge in [-0.3, -0.25) is 14.6 Å². The number of carbonyl (C=O) groups is 1. The van der Waals surface area contributed by atoms with Crippen molar-refractivity contribution in [2.75, 3.05) is 0 Å². The number of carbonyl (C=O) groups excluding carboxylic acids is 1. The average Bonchev–Trinajstić information content (AvgIpc) is 3.26. The van der Waals surface area contributed by atoms with E-state index in [1.165, 1.54) is 12.1 Å². The first-order valence-electron chi connectivity index (χ1n) is 8.82. The van der Waals surface area contributed by atoms with E-state index in [1.54, 1.807) is 24.5 Å². The van der Waals surface area contributed by atoms with Gasteiger partial charge < -0.3 is 9.84 Å². The fourth-order valence-corrected chi connectivity index (χ4v) is 2.60. The minimum absolute atomic E-state index is 0.141. The molecule has 3 aromatic heterocycles. The third kappa shape index (κ3) is 4.41. The van der Waals surface area contributed by atoms with E-state index in [0.29, 0.717) is 23.6 Å². The normalized spacial score (nSPS) is 10.6. The zero-order valence-corrected chi connectivity index (χ0v) is 15.2. The van der Waals surface area contributed by atoms with E-state index in [9.17, 15) is 9.59 Å². The lowest BCUT2D eigenvalue weighted by Crippen LogP contribution is -2.33. The molecule has 0 spiro atoms. The number of hydrogen-bond donors (Lipinski definition) is 1. The predicted octanol–water partition coefficient (Wildman–Crippen LogP) is 1.67. The van der Waals surface area contributed by atoms with Gasteiger partial charge in [-0.05, 0) is 23.8 Å². The number of nitrogens with zero attached hydrogens (tertiary/aromatic N) is 5. The molecule has 9 nitrogen and oxygen atoms in total. The molecule has 29 heavy (non-hydrogen) atoms. The number of benzene rings is 1. The maximum Gasteiger partial charge on any atom is 0.278 e. The molecule has 4 rings (SSSR count). The molecule has 0 aliphatic rings. The van der Waals surface area contributed by atoms with Crippen LogP contribution in [0.4, 0.5) is 0 Å². The molecule has 0 aliphatic carbocycles. The minimum Gasteiger partial charge on any atom is -0.350 e. The van der Waals surface area contributed by atoms with E-state index in [4.69, 9.17) is 4.52 Å². The topological polar surface area (TPSA) is 116 Å². The van der Waals surface area contributed by atoms with Gasteiger partial charge in [-0.25, -0.2) is 4.68 Å². The summed E-state index contributed by atoms with van der Waals surface area (Å²) >= 11 is 0. The van der Waals surface area contributed by atoms with Gasteiger partial charge in [0.25, 0.3) is 11.4 Å². The summed E-state index contributed by atoms with van der Waals surface area (Å²) in [4.78, 5) is 32.6. The third-order valence-electron chi connectivity index (χ3n) is 4.06. The SMILES string of the molecule is O=C(Cn1nc(-c2nc(-c3cccnc3)no2)ccc1=O)NCc1ccccc1. The average molecular weight is 388 g/mol. The monoisotopic (exact) mass is 388 g/mol. The molecule has 0 saturated carbocycles. The second-order valence-electron chi connectivity index (χ2n) is 6.14. The lowest BCUT2D eigenvalue weighted by molar-refractivity contribution is -0.122. The van der Waals surface area contributed by atoms with Gasteiger partial charge in [-0.1, -0.05) is 35.5 Å². The summed E-state index contributed by atoms with van der Waals surface area (Å²) in [6.07, 6.45) is 3.25. The van der Waals surface area contributed by atoms with Crippen LogP contribution < -0.4 is 10.9 Å². The Morgan fingerprint density at radius 3 is 2.72 bits per heavy atom. The lowest BCUT2D eigenvalue weighted by atomic mass is 10.2. The number of hydrogen-bond acceptors (Lipinski definition) is 7. The van der Waals surface area contributed by atoms with Crippen LogP contribution in [0.2, 0.25) is 0 Å². The summed E-state index contributed by atoms with van der Waals surface area (Å²) in [5.41, 5.74) is 1.54. The number of nitrogens with one attached hydrogen (secondary N) is 1. The van der Waals surface area contributed by atoms with Gasteiger partial charge in [0.15, 0.2) is 0 Å². The highest BCUT2D eigenvalue weighted by Gasteiger charge is 2.14. The lowest BCUT2D eigenvalue weighted by Gasteiger charge is -2.07. The van der Waals surface area contributed by atoms with Crippen LogP contribution in [-0.4, -0.2) is 30.8 Å². The predicted molar refractivity (Wildman–Crippen MR) is 103 cm³/mol. The fraction of sp³-hybridized carbons (Fsp3) is 0.100. The first-order chi connectivity index (χ1) is 14.2. The summed E-state index contributed by atoms with van der Waals surface area (Å²) < 4.78 is 6.30. The Bertz CT molecular complexity index is 1170. The van der Waals surface area contributed by atoms with Gasteiger partial charge in [0.1, 0.15) is 12.2 Å². The third-order valence-corrected chi connectivity index (χ3v) is 4.06. The van der Waals surface area contributed by atoms with Crippen molar-refractivity contribution in [3.05, 3.63) is 82.9 Å². The minimum atomic E-state index is -0.407. The van der Waals surface area contributed by atoms with Crippen LogP contribution in [0.25, 0.3) is 23.0 Å². The Labute approximate surface area is 165 Å². The van der Waals surface area contributed by atoms with Crippen molar-refractivity contribution in [3.8, 4) is 23.0 Å². The fourth-order valence-electron chi connectivity index (χ4n) is 2.60.